The molecule has 0 aliphatic carbocycles. The van der Waals surface area contributed by atoms with Crippen molar-refractivity contribution in [1.82, 2.24) is 25.5 Å². The number of hydrogen-bond acceptors (Lipinski definition) is 4. The lowest BCUT2D eigenvalue weighted by molar-refractivity contribution is -0.122. The van der Waals surface area contributed by atoms with E-state index in [0.717, 1.165) is 10.0 Å². The number of aromatic nitrogens is 4. The molecule has 1 amide bonds. The monoisotopic (exact) mass is 337 g/mol. The van der Waals surface area contributed by atoms with Gasteiger partial charge in [0.15, 0.2) is 0 Å². The first-order chi connectivity index (χ1) is 9.54. The van der Waals surface area contributed by atoms with E-state index in [1.807, 2.05) is 38.1 Å². The van der Waals surface area contributed by atoms with Crippen LogP contribution in [0.1, 0.15) is 13.8 Å². The van der Waals surface area contributed by atoms with Crippen LogP contribution in [-0.4, -0.2) is 32.7 Å². The Hall–Kier alpha value is -1.76. The Labute approximate surface area is 125 Å². The number of halogens is 1. The predicted octanol–water partition coefficient (Wildman–Crippen LogP) is 1.87. The van der Waals surface area contributed by atoms with Crippen LogP contribution in [0.4, 0.5) is 0 Å². The van der Waals surface area contributed by atoms with E-state index in [4.69, 9.17) is 0 Å². The summed E-state index contributed by atoms with van der Waals surface area (Å²) in [6.45, 7) is 4.81. The van der Waals surface area contributed by atoms with Gasteiger partial charge in [-0.15, -0.1) is 10.2 Å². The largest absolute Gasteiger partial charge is 0.354 e. The molecule has 0 bridgehead atoms. The van der Waals surface area contributed by atoms with Crippen molar-refractivity contribution in [2.45, 2.75) is 20.4 Å². The minimum absolute atomic E-state index is 0.0796. The normalized spacial score (nSPS) is 10.8. The molecule has 0 saturated heterocycles. The van der Waals surface area contributed by atoms with Crippen LogP contribution in [-0.2, 0) is 11.3 Å². The van der Waals surface area contributed by atoms with Crippen molar-refractivity contribution in [2.75, 3.05) is 6.54 Å². The molecule has 20 heavy (non-hydrogen) atoms. The molecule has 0 aliphatic heterocycles. The van der Waals surface area contributed by atoms with Crippen molar-refractivity contribution in [3.8, 4) is 11.4 Å². The van der Waals surface area contributed by atoms with Crippen LogP contribution >= 0.6 is 15.9 Å². The first-order valence-electron chi connectivity index (χ1n) is 6.35. The molecule has 0 fully saturated rings. The van der Waals surface area contributed by atoms with E-state index >= 15 is 0 Å². The highest BCUT2D eigenvalue weighted by atomic mass is 79.9. The van der Waals surface area contributed by atoms with E-state index in [9.17, 15) is 4.79 Å². The van der Waals surface area contributed by atoms with Crippen LogP contribution in [0, 0.1) is 5.92 Å². The summed E-state index contributed by atoms with van der Waals surface area (Å²) in [7, 11) is 0. The Kier molecular flexibility index (Phi) is 4.84. The summed E-state index contributed by atoms with van der Waals surface area (Å²) in [6.07, 6.45) is 0. The fourth-order valence-electron chi connectivity index (χ4n) is 1.53. The summed E-state index contributed by atoms with van der Waals surface area (Å²) >= 11 is 3.37. The molecule has 6 nitrogen and oxygen atoms in total. The molecule has 0 spiro atoms. The summed E-state index contributed by atoms with van der Waals surface area (Å²) in [5.74, 6) is 0.814. The summed E-state index contributed by atoms with van der Waals surface area (Å²) < 4.78 is 0.988. The Balaban J connectivity index is 1.98. The molecule has 106 valence electrons. The SMILES string of the molecule is CC(C)CNC(=O)Cn1nnc(-c2ccc(Br)cc2)n1. The van der Waals surface area contributed by atoms with E-state index < -0.39 is 0 Å². The highest BCUT2D eigenvalue weighted by molar-refractivity contribution is 9.10. The number of carbonyl (C=O) groups is 1. The zero-order valence-electron chi connectivity index (χ0n) is 11.4. The number of tetrazole rings is 1. The zero-order chi connectivity index (χ0) is 14.5. The van der Waals surface area contributed by atoms with E-state index in [1.165, 1.54) is 4.80 Å². The van der Waals surface area contributed by atoms with E-state index in [2.05, 4.69) is 36.7 Å². The van der Waals surface area contributed by atoms with Crippen molar-refractivity contribution in [3.05, 3.63) is 28.7 Å². The maximum absolute atomic E-state index is 11.7. The van der Waals surface area contributed by atoms with Crippen molar-refractivity contribution < 1.29 is 4.79 Å². The second kappa shape index (κ2) is 6.60. The van der Waals surface area contributed by atoms with Crippen LogP contribution in [0.2, 0.25) is 0 Å². The lowest BCUT2D eigenvalue weighted by atomic mass is 10.2. The molecule has 1 heterocycles. The molecule has 0 aliphatic rings. The fourth-order valence-corrected chi connectivity index (χ4v) is 1.79. The van der Waals surface area contributed by atoms with Gasteiger partial charge in [-0.1, -0.05) is 29.8 Å². The molecule has 0 radical (unpaired) electrons. The van der Waals surface area contributed by atoms with Gasteiger partial charge in [-0.05, 0) is 35.4 Å². The minimum Gasteiger partial charge on any atom is -0.354 e. The first kappa shape index (κ1) is 14.6. The third kappa shape index (κ3) is 4.12. The van der Waals surface area contributed by atoms with Crippen molar-refractivity contribution in [1.29, 1.82) is 0 Å². The minimum atomic E-state index is -0.113. The van der Waals surface area contributed by atoms with Gasteiger partial charge in [0.2, 0.25) is 11.7 Å². The van der Waals surface area contributed by atoms with Crippen LogP contribution in [0.5, 0.6) is 0 Å². The molecule has 2 aromatic rings. The Morgan fingerprint density at radius 2 is 2.05 bits per heavy atom. The van der Waals surface area contributed by atoms with Gasteiger partial charge in [0.1, 0.15) is 6.54 Å². The summed E-state index contributed by atoms with van der Waals surface area (Å²) in [5, 5.41) is 14.8. The lowest BCUT2D eigenvalue weighted by Gasteiger charge is -2.06. The highest BCUT2D eigenvalue weighted by Crippen LogP contribution is 2.17. The number of hydrogen-bond donors (Lipinski definition) is 1. The Morgan fingerprint density at radius 1 is 1.35 bits per heavy atom. The molecule has 1 aromatic heterocycles. The second-order valence-corrected chi connectivity index (χ2v) is 5.76. The first-order valence-corrected chi connectivity index (χ1v) is 7.14. The van der Waals surface area contributed by atoms with E-state index in [1.54, 1.807) is 0 Å². The predicted molar refractivity (Wildman–Crippen MR) is 78.8 cm³/mol. The number of carbonyl (C=O) groups excluding carboxylic acids is 1. The Morgan fingerprint density at radius 3 is 2.70 bits per heavy atom. The molecule has 7 heteroatoms. The van der Waals surface area contributed by atoms with Crippen LogP contribution in [0.15, 0.2) is 28.7 Å². The molecule has 0 unspecified atom stereocenters. The number of rotatable bonds is 5. The average molecular weight is 338 g/mol. The quantitative estimate of drug-likeness (QED) is 0.903. The average Bonchev–Trinajstić information content (AvgIpc) is 2.85. The third-order valence-corrected chi connectivity index (χ3v) is 3.08. The maximum atomic E-state index is 11.7. The Bertz CT molecular complexity index is 579. The number of benzene rings is 1. The molecule has 0 atom stereocenters. The molecular formula is C13H16BrN5O. The molecule has 1 N–H and O–H groups in total. The van der Waals surface area contributed by atoms with Gasteiger partial charge < -0.3 is 5.32 Å². The van der Waals surface area contributed by atoms with E-state index in [0.29, 0.717) is 18.3 Å². The zero-order valence-corrected chi connectivity index (χ0v) is 13.0. The molecule has 0 saturated carbocycles. The number of nitrogens with one attached hydrogen (secondary N) is 1. The van der Waals surface area contributed by atoms with Gasteiger partial charge in [0.05, 0.1) is 0 Å². The van der Waals surface area contributed by atoms with Gasteiger partial charge in [-0.2, -0.15) is 4.80 Å². The third-order valence-electron chi connectivity index (χ3n) is 2.55. The van der Waals surface area contributed by atoms with Gasteiger partial charge in [-0.3, -0.25) is 4.79 Å². The summed E-state index contributed by atoms with van der Waals surface area (Å²) in [5.41, 5.74) is 0.863. The number of amides is 1. The lowest BCUT2D eigenvalue weighted by Crippen LogP contribution is -2.31. The summed E-state index contributed by atoms with van der Waals surface area (Å²) in [4.78, 5) is 13.0. The van der Waals surface area contributed by atoms with Crippen LogP contribution < -0.4 is 5.32 Å². The smallest absolute Gasteiger partial charge is 0.243 e. The van der Waals surface area contributed by atoms with Crippen molar-refractivity contribution >= 4 is 21.8 Å². The standard InChI is InChI=1S/C13H16BrN5O/c1-9(2)7-15-12(20)8-19-17-13(16-18-19)10-3-5-11(14)6-4-10/h3-6,9H,7-8H2,1-2H3,(H,15,20). The van der Waals surface area contributed by atoms with Gasteiger partial charge in [0, 0.05) is 16.6 Å². The molecule has 2 rings (SSSR count). The number of nitrogens with zero attached hydrogens (tertiary/aromatic N) is 4. The maximum Gasteiger partial charge on any atom is 0.243 e. The van der Waals surface area contributed by atoms with Gasteiger partial charge >= 0.3 is 0 Å². The van der Waals surface area contributed by atoms with E-state index in [-0.39, 0.29) is 12.5 Å². The topological polar surface area (TPSA) is 72.7 Å². The highest BCUT2D eigenvalue weighted by Gasteiger charge is 2.09. The van der Waals surface area contributed by atoms with Gasteiger partial charge in [-0.25, -0.2) is 0 Å². The van der Waals surface area contributed by atoms with Gasteiger partial charge in [0.25, 0.3) is 0 Å². The summed E-state index contributed by atoms with van der Waals surface area (Å²) in [6, 6.07) is 7.60. The van der Waals surface area contributed by atoms with Crippen LogP contribution in [0.25, 0.3) is 11.4 Å². The van der Waals surface area contributed by atoms with Crippen molar-refractivity contribution in [3.63, 3.8) is 0 Å². The van der Waals surface area contributed by atoms with Crippen molar-refractivity contribution in [2.24, 2.45) is 5.92 Å². The molecule has 1 aromatic carbocycles. The molecular weight excluding hydrogens is 322 g/mol. The second-order valence-electron chi connectivity index (χ2n) is 4.85. The van der Waals surface area contributed by atoms with Crippen LogP contribution in [0.3, 0.4) is 0 Å². The fraction of sp³-hybridized carbons (Fsp3) is 0.385.